The van der Waals surface area contributed by atoms with E-state index in [1.807, 2.05) is 4.90 Å². The lowest BCUT2D eigenvalue weighted by molar-refractivity contribution is 0.0906. The van der Waals surface area contributed by atoms with Gasteiger partial charge in [-0.05, 0) is 37.5 Å². The number of fused-ring (bicyclic) bond motifs is 1. The molecule has 1 N–H and O–H groups in total. The van der Waals surface area contributed by atoms with E-state index >= 15 is 0 Å². The van der Waals surface area contributed by atoms with Gasteiger partial charge in [0, 0.05) is 26.1 Å². The first-order chi connectivity index (χ1) is 14.4. The highest BCUT2D eigenvalue weighted by Crippen LogP contribution is 2.41. The number of carbonyl (C=O) groups excluding carboxylic acids is 2. The van der Waals surface area contributed by atoms with Gasteiger partial charge in [0.2, 0.25) is 0 Å². The maximum atomic E-state index is 13.2. The number of amides is 2. The summed E-state index contributed by atoms with van der Waals surface area (Å²) in [5, 5.41) is 8.04. The van der Waals surface area contributed by atoms with E-state index in [0.29, 0.717) is 13.0 Å². The number of nitrogens with one attached hydrogen (secondary N) is 1. The Labute approximate surface area is 181 Å². The summed E-state index contributed by atoms with van der Waals surface area (Å²) in [6.45, 7) is 11.0. The minimum atomic E-state index is -0.0811. The van der Waals surface area contributed by atoms with Gasteiger partial charge in [0.1, 0.15) is 0 Å². The standard InChI is InChI=1S/C24H40N4O2/c1-5-7-9-10-15-28-19-16-24(3,4)17-20(29)21(19)22(26-28)18-12-11-14-27(18)23(30)25-13-8-6-2/h18H,5-17H2,1-4H3,(H,25,30)/t18-/m0/s1. The Morgan fingerprint density at radius 2 is 1.90 bits per heavy atom. The van der Waals surface area contributed by atoms with E-state index in [1.54, 1.807) is 0 Å². The zero-order valence-electron chi connectivity index (χ0n) is 19.4. The lowest BCUT2D eigenvalue weighted by Crippen LogP contribution is -2.40. The number of aryl methyl sites for hydroxylation is 1. The minimum Gasteiger partial charge on any atom is -0.338 e. The summed E-state index contributed by atoms with van der Waals surface area (Å²) in [7, 11) is 0. The van der Waals surface area contributed by atoms with Gasteiger partial charge in [0.05, 0.1) is 23.0 Å². The first-order valence-corrected chi connectivity index (χ1v) is 12.0. The summed E-state index contributed by atoms with van der Waals surface area (Å²) in [4.78, 5) is 27.9. The van der Waals surface area contributed by atoms with Gasteiger partial charge in [-0.3, -0.25) is 9.48 Å². The molecule has 1 aromatic rings. The van der Waals surface area contributed by atoms with Crippen LogP contribution in [0.15, 0.2) is 0 Å². The first-order valence-electron chi connectivity index (χ1n) is 12.0. The van der Waals surface area contributed by atoms with Gasteiger partial charge >= 0.3 is 6.03 Å². The van der Waals surface area contributed by atoms with Gasteiger partial charge in [0.25, 0.3) is 0 Å². The minimum absolute atomic E-state index is 0.0132. The number of urea groups is 1. The molecule has 1 aliphatic carbocycles. The van der Waals surface area contributed by atoms with E-state index in [4.69, 9.17) is 5.10 Å². The number of likely N-dealkylation sites (tertiary alicyclic amines) is 1. The molecule has 2 aliphatic rings. The van der Waals surface area contributed by atoms with E-state index in [2.05, 4.69) is 37.7 Å². The molecule has 1 aliphatic heterocycles. The number of carbonyl (C=O) groups is 2. The number of aromatic nitrogens is 2. The van der Waals surface area contributed by atoms with Crippen molar-refractivity contribution in [2.45, 2.75) is 104 Å². The van der Waals surface area contributed by atoms with Crippen LogP contribution in [-0.2, 0) is 13.0 Å². The molecule has 0 radical (unpaired) electrons. The Hall–Kier alpha value is -1.85. The quantitative estimate of drug-likeness (QED) is 0.558. The van der Waals surface area contributed by atoms with Crippen molar-refractivity contribution >= 4 is 11.8 Å². The van der Waals surface area contributed by atoms with Crippen LogP contribution in [0, 0.1) is 5.41 Å². The second kappa shape index (κ2) is 9.97. The van der Waals surface area contributed by atoms with Gasteiger partial charge in [0.15, 0.2) is 5.78 Å². The smallest absolute Gasteiger partial charge is 0.317 e. The van der Waals surface area contributed by atoms with Gasteiger partial charge in [-0.15, -0.1) is 0 Å². The highest BCUT2D eigenvalue weighted by atomic mass is 16.2. The predicted octanol–water partition coefficient (Wildman–Crippen LogP) is 5.27. The third kappa shape index (κ3) is 5.06. The molecular formula is C24H40N4O2. The van der Waals surface area contributed by atoms with Crippen LogP contribution in [0.2, 0.25) is 0 Å². The molecule has 6 heteroatoms. The van der Waals surface area contributed by atoms with Crippen molar-refractivity contribution in [1.82, 2.24) is 20.0 Å². The molecule has 1 saturated heterocycles. The molecule has 1 aromatic heterocycles. The van der Waals surface area contributed by atoms with Gasteiger partial charge < -0.3 is 10.2 Å². The maximum Gasteiger partial charge on any atom is 0.317 e. The molecule has 2 amide bonds. The molecule has 168 valence electrons. The van der Waals surface area contributed by atoms with Gasteiger partial charge in [-0.1, -0.05) is 53.4 Å². The molecule has 0 aromatic carbocycles. The van der Waals surface area contributed by atoms with Crippen molar-refractivity contribution in [3.63, 3.8) is 0 Å². The number of rotatable bonds is 9. The van der Waals surface area contributed by atoms with Crippen molar-refractivity contribution in [3.05, 3.63) is 17.0 Å². The van der Waals surface area contributed by atoms with Crippen LogP contribution < -0.4 is 5.32 Å². The largest absolute Gasteiger partial charge is 0.338 e. The number of hydrogen-bond acceptors (Lipinski definition) is 3. The Morgan fingerprint density at radius 3 is 2.63 bits per heavy atom. The Bertz CT molecular complexity index is 753. The SMILES string of the molecule is CCCCCCn1nc([C@@H]2CCCN2C(=O)NCCCC)c2c1CC(C)(C)CC2=O. The number of unbranched alkanes of at least 4 members (excludes halogenated alkanes) is 4. The van der Waals surface area contributed by atoms with E-state index in [-0.39, 0.29) is 23.3 Å². The normalized spacial score (nSPS) is 20.5. The van der Waals surface area contributed by atoms with Crippen LogP contribution in [-0.4, -0.2) is 39.6 Å². The second-order valence-electron chi connectivity index (χ2n) is 9.87. The second-order valence-corrected chi connectivity index (χ2v) is 9.87. The van der Waals surface area contributed by atoms with Crippen LogP contribution in [0.1, 0.15) is 113 Å². The number of nitrogens with zero attached hydrogens (tertiary/aromatic N) is 3. The highest BCUT2D eigenvalue weighted by Gasteiger charge is 2.41. The summed E-state index contributed by atoms with van der Waals surface area (Å²) in [5.41, 5.74) is 2.74. The predicted molar refractivity (Wildman–Crippen MR) is 120 cm³/mol. The molecule has 30 heavy (non-hydrogen) atoms. The fourth-order valence-electron chi connectivity index (χ4n) is 4.91. The van der Waals surface area contributed by atoms with Gasteiger partial charge in [-0.2, -0.15) is 5.10 Å². The summed E-state index contributed by atoms with van der Waals surface area (Å²) >= 11 is 0. The number of hydrogen-bond donors (Lipinski definition) is 1. The Morgan fingerprint density at radius 1 is 1.13 bits per heavy atom. The maximum absolute atomic E-state index is 13.2. The molecule has 6 nitrogen and oxygen atoms in total. The molecule has 0 saturated carbocycles. The molecule has 2 heterocycles. The highest BCUT2D eigenvalue weighted by molar-refractivity contribution is 6.00. The molecule has 3 rings (SSSR count). The van der Waals surface area contributed by atoms with Crippen molar-refractivity contribution in [2.75, 3.05) is 13.1 Å². The van der Waals surface area contributed by atoms with Crippen molar-refractivity contribution < 1.29 is 9.59 Å². The van der Waals surface area contributed by atoms with Crippen LogP contribution in [0.4, 0.5) is 4.79 Å². The van der Waals surface area contributed by atoms with Crippen LogP contribution in [0.25, 0.3) is 0 Å². The van der Waals surface area contributed by atoms with E-state index in [9.17, 15) is 9.59 Å². The van der Waals surface area contributed by atoms with Crippen LogP contribution in [0.3, 0.4) is 0 Å². The topological polar surface area (TPSA) is 67.2 Å². The molecular weight excluding hydrogens is 376 g/mol. The average Bonchev–Trinajstić information content (AvgIpc) is 3.29. The zero-order valence-corrected chi connectivity index (χ0v) is 19.4. The molecule has 0 spiro atoms. The summed E-state index contributed by atoms with van der Waals surface area (Å²) in [5.74, 6) is 0.203. The third-order valence-corrected chi connectivity index (χ3v) is 6.51. The molecule has 1 fully saturated rings. The summed E-state index contributed by atoms with van der Waals surface area (Å²) in [6.07, 6.45) is 10.0. The molecule has 1 atom stereocenters. The summed E-state index contributed by atoms with van der Waals surface area (Å²) in [6, 6.07) is -0.0942. The van der Waals surface area contributed by atoms with Gasteiger partial charge in [-0.25, -0.2) is 4.79 Å². The molecule has 0 unspecified atom stereocenters. The zero-order chi connectivity index (χ0) is 21.7. The Kier molecular flexibility index (Phi) is 7.59. The van der Waals surface area contributed by atoms with Crippen LogP contribution in [0.5, 0.6) is 0 Å². The fourth-order valence-corrected chi connectivity index (χ4v) is 4.91. The van der Waals surface area contributed by atoms with Crippen molar-refractivity contribution in [2.24, 2.45) is 5.41 Å². The monoisotopic (exact) mass is 416 g/mol. The van der Waals surface area contributed by atoms with E-state index < -0.39 is 0 Å². The number of ketones is 1. The van der Waals surface area contributed by atoms with Crippen molar-refractivity contribution in [3.8, 4) is 0 Å². The first kappa shape index (κ1) is 22.8. The fraction of sp³-hybridized carbons (Fsp3) is 0.792. The average molecular weight is 417 g/mol. The lowest BCUT2D eigenvalue weighted by atomic mass is 9.75. The van der Waals surface area contributed by atoms with Crippen molar-refractivity contribution in [1.29, 1.82) is 0 Å². The summed E-state index contributed by atoms with van der Waals surface area (Å²) < 4.78 is 2.10. The van der Waals surface area contributed by atoms with Crippen LogP contribution >= 0.6 is 0 Å². The third-order valence-electron chi connectivity index (χ3n) is 6.51. The van der Waals surface area contributed by atoms with E-state index in [1.165, 1.54) is 19.3 Å². The lowest BCUT2D eigenvalue weighted by Gasteiger charge is -2.30. The molecule has 0 bridgehead atoms. The Balaban J connectivity index is 1.87. The van der Waals surface area contributed by atoms with E-state index in [0.717, 1.165) is 68.6 Å². The number of Topliss-reactive ketones (excluding diaryl/α,β-unsaturated/α-hetero) is 1.